The zero-order valence-corrected chi connectivity index (χ0v) is 9.58. The Balaban J connectivity index is 3.11. The first-order valence-electron chi connectivity index (χ1n) is 5.15. The maximum atomic E-state index is 11.1. The molecular weight excluding hydrogens is 182 g/mol. The van der Waals surface area contributed by atoms with Gasteiger partial charge in [-0.1, -0.05) is 26.7 Å². The van der Waals surface area contributed by atoms with E-state index in [1.165, 1.54) is 12.8 Å². The fourth-order valence-electron chi connectivity index (χ4n) is 0.963. The van der Waals surface area contributed by atoms with Crippen LogP contribution in [0.15, 0.2) is 0 Å². The highest BCUT2D eigenvalue weighted by molar-refractivity contribution is 7.99. The molecule has 0 aromatic heterocycles. The summed E-state index contributed by atoms with van der Waals surface area (Å²) in [6, 6.07) is 0. The molecular formula is C10H21NOS. The number of hydrogen-bond acceptors (Lipinski definition) is 2. The van der Waals surface area contributed by atoms with Crippen molar-refractivity contribution in [2.75, 3.05) is 18.1 Å². The van der Waals surface area contributed by atoms with E-state index in [1.807, 2.05) is 0 Å². The second-order valence-electron chi connectivity index (χ2n) is 3.11. The molecule has 0 aliphatic carbocycles. The molecule has 0 heterocycles. The first-order valence-corrected chi connectivity index (χ1v) is 6.31. The molecule has 1 N–H and O–H groups in total. The average Bonchev–Trinajstić information content (AvgIpc) is 2.13. The minimum atomic E-state index is 0.189. The minimum Gasteiger partial charge on any atom is -0.355 e. The molecule has 1 amide bonds. The van der Waals surface area contributed by atoms with Gasteiger partial charge in [-0.2, -0.15) is 11.8 Å². The Morgan fingerprint density at radius 3 is 2.62 bits per heavy atom. The molecule has 0 aliphatic heterocycles. The van der Waals surface area contributed by atoms with Crippen LogP contribution in [0, 0.1) is 0 Å². The van der Waals surface area contributed by atoms with Crippen LogP contribution in [0.5, 0.6) is 0 Å². The maximum Gasteiger partial charge on any atom is 0.229 e. The van der Waals surface area contributed by atoms with Gasteiger partial charge in [-0.3, -0.25) is 4.79 Å². The van der Waals surface area contributed by atoms with Crippen LogP contribution in [0.4, 0.5) is 0 Å². The molecule has 0 spiro atoms. The number of hydrogen-bond donors (Lipinski definition) is 1. The molecule has 0 atom stereocenters. The highest BCUT2D eigenvalue weighted by Crippen LogP contribution is 2.00. The maximum absolute atomic E-state index is 11.1. The van der Waals surface area contributed by atoms with Crippen molar-refractivity contribution in [3.05, 3.63) is 0 Å². The Bertz CT molecular complexity index is 128. The van der Waals surface area contributed by atoms with Crippen LogP contribution in [0.25, 0.3) is 0 Å². The van der Waals surface area contributed by atoms with Gasteiger partial charge in [-0.25, -0.2) is 0 Å². The molecule has 0 bridgehead atoms. The number of thioether (sulfide) groups is 1. The minimum absolute atomic E-state index is 0.189. The van der Waals surface area contributed by atoms with Gasteiger partial charge < -0.3 is 5.32 Å². The van der Waals surface area contributed by atoms with Crippen LogP contribution >= 0.6 is 11.8 Å². The molecule has 0 saturated carbocycles. The van der Waals surface area contributed by atoms with Crippen molar-refractivity contribution in [2.24, 2.45) is 0 Å². The summed E-state index contributed by atoms with van der Waals surface area (Å²) in [6.45, 7) is 5.14. The van der Waals surface area contributed by atoms with E-state index in [-0.39, 0.29) is 5.91 Å². The van der Waals surface area contributed by atoms with Gasteiger partial charge in [-0.05, 0) is 18.6 Å². The highest BCUT2D eigenvalue weighted by atomic mass is 32.2. The predicted octanol–water partition coefficient (Wildman–Crippen LogP) is 2.44. The van der Waals surface area contributed by atoms with Crippen molar-refractivity contribution >= 4 is 17.7 Å². The van der Waals surface area contributed by atoms with E-state index in [1.54, 1.807) is 11.8 Å². The van der Waals surface area contributed by atoms with Crippen LogP contribution in [0.3, 0.4) is 0 Å². The zero-order valence-electron chi connectivity index (χ0n) is 8.77. The molecule has 0 radical (unpaired) electrons. The number of carbonyl (C=O) groups excluding carboxylic acids is 1. The molecule has 13 heavy (non-hydrogen) atoms. The van der Waals surface area contributed by atoms with Gasteiger partial charge in [-0.15, -0.1) is 0 Å². The van der Waals surface area contributed by atoms with E-state index >= 15 is 0 Å². The van der Waals surface area contributed by atoms with E-state index in [0.717, 1.165) is 25.1 Å². The largest absolute Gasteiger partial charge is 0.355 e. The molecule has 0 rings (SSSR count). The van der Waals surface area contributed by atoms with Gasteiger partial charge in [0.1, 0.15) is 0 Å². The second kappa shape index (κ2) is 9.90. The summed E-state index contributed by atoms with van der Waals surface area (Å²) >= 11 is 1.71. The number of carbonyl (C=O) groups is 1. The lowest BCUT2D eigenvalue weighted by atomic mass is 10.2. The molecule has 78 valence electrons. The van der Waals surface area contributed by atoms with Gasteiger partial charge in [0.25, 0.3) is 0 Å². The van der Waals surface area contributed by atoms with Crippen LogP contribution in [-0.2, 0) is 4.79 Å². The van der Waals surface area contributed by atoms with E-state index < -0.39 is 0 Å². The number of rotatable bonds is 8. The Morgan fingerprint density at radius 2 is 2.00 bits per heavy atom. The average molecular weight is 203 g/mol. The summed E-state index contributed by atoms with van der Waals surface area (Å²) in [5.74, 6) is 1.90. The van der Waals surface area contributed by atoms with Crippen molar-refractivity contribution < 1.29 is 4.79 Å². The topological polar surface area (TPSA) is 29.1 Å². The van der Waals surface area contributed by atoms with Crippen molar-refractivity contribution in [1.29, 1.82) is 0 Å². The van der Waals surface area contributed by atoms with E-state index in [9.17, 15) is 4.79 Å². The van der Waals surface area contributed by atoms with E-state index in [0.29, 0.717) is 5.75 Å². The number of amides is 1. The monoisotopic (exact) mass is 203 g/mol. The summed E-state index contributed by atoms with van der Waals surface area (Å²) in [6.07, 6.45) is 4.68. The summed E-state index contributed by atoms with van der Waals surface area (Å²) in [7, 11) is 0. The van der Waals surface area contributed by atoms with Gasteiger partial charge in [0.15, 0.2) is 0 Å². The lowest BCUT2D eigenvalue weighted by molar-refractivity contribution is -0.118. The van der Waals surface area contributed by atoms with Crippen molar-refractivity contribution in [3.63, 3.8) is 0 Å². The summed E-state index contributed by atoms with van der Waals surface area (Å²) in [5.41, 5.74) is 0. The van der Waals surface area contributed by atoms with Crippen LogP contribution in [0.2, 0.25) is 0 Å². The third-order valence-electron chi connectivity index (χ3n) is 1.68. The molecule has 0 unspecified atom stereocenters. The Kier molecular flexibility index (Phi) is 9.77. The molecule has 0 aliphatic rings. The Morgan fingerprint density at radius 1 is 1.23 bits per heavy atom. The van der Waals surface area contributed by atoms with Gasteiger partial charge in [0.2, 0.25) is 5.91 Å². The third kappa shape index (κ3) is 9.74. The number of nitrogens with one attached hydrogen (secondary N) is 1. The first-order chi connectivity index (χ1) is 6.31. The Labute approximate surface area is 85.9 Å². The van der Waals surface area contributed by atoms with Crippen LogP contribution < -0.4 is 5.32 Å². The van der Waals surface area contributed by atoms with E-state index in [2.05, 4.69) is 19.2 Å². The zero-order chi connectivity index (χ0) is 9.94. The summed E-state index contributed by atoms with van der Waals surface area (Å²) in [5, 5.41) is 2.92. The number of unbranched alkanes of at least 4 members (excludes halogenated alkanes) is 2. The quantitative estimate of drug-likeness (QED) is 0.614. The van der Waals surface area contributed by atoms with Gasteiger partial charge in [0, 0.05) is 6.54 Å². The molecule has 0 fully saturated rings. The molecule has 0 saturated heterocycles. The summed E-state index contributed by atoms with van der Waals surface area (Å²) < 4.78 is 0. The van der Waals surface area contributed by atoms with Gasteiger partial charge >= 0.3 is 0 Å². The SMILES string of the molecule is CCCCCNC(=O)CSCCC. The fourth-order valence-corrected chi connectivity index (χ4v) is 1.68. The molecule has 0 aromatic carbocycles. The van der Waals surface area contributed by atoms with Gasteiger partial charge in [0.05, 0.1) is 5.75 Å². The molecule has 0 aromatic rings. The normalized spacial score (nSPS) is 10.0. The smallest absolute Gasteiger partial charge is 0.229 e. The van der Waals surface area contributed by atoms with Crippen molar-refractivity contribution in [2.45, 2.75) is 39.5 Å². The van der Waals surface area contributed by atoms with Crippen LogP contribution in [-0.4, -0.2) is 24.0 Å². The first kappa shape index (κ1) is 12.8. The Hall–Kier alpha value is -0.180. The fraction of sp³-hybridized carbons (Fsp3) is 0.900. The summed E-state index contributed by atoms with van der Waals surface area (Å²) in [4.78, 5) is 11.1. The third-order valence-corrected chi connectivity index (χ3v) is 2.85. The molecule has 2 nitrogen and oxygen atoms in total. The lowest BCUT2D eigenvalue weighted by Gasteiger charge is -2.03. The van der Waals surface area contributed by atoms with Crippen molar-refractivity contribution in [1.82, 2.24) is 5.32 Å². The highest BCUT2D eigenvalue weighted by Gasteiger charge is 1.98. The van der Waals surface area contributed by atoms with Crippen molar-refractivity contribution in [3.8, 4) is 0 Å². The molecule has 3 heteroatoms. The van der Waals surface area contributed by atoms with Crippen LogP contribution in [0.1, 0.15) is 39.5 Å². The second-order valence-corrected chi connectivity index (χ2v) is 4.21. The predicted molar refractivity (Wildman–Crippen MR) is 60.2 cm³/mol. The standard InChI is InChI=1S/C10H21NOS/c1-3-5-6-7-11-10(12)9-13-8-4-2/h3-9H2,1-2H3,(H,11,12). The lowest BCUT2D eigenvalue weighted by Crippen LogP contribution is -2.26. The van der Waals surface area contributed by atoms with E-state index in [4.69, 9.17) is 0 Å².